The number of carbonyl (C=O) groups is 1. The highest BCUT2D eigenvalue weighted by molar-refractivity contribution is 6.30. The van der Waals surface area contributed by atoms with Gasteiger partial charge in [-0.25, -0.2) is 0 Å². The van der Waals surface area contributed by atoms with E-state index in [0.717, 1.165) is 31.2 Å². The monoisotopic (exact) mass is 393 g/mol. The molecule has 0 aliphatic carbocycles. The second-order valence-corrected chi connectivity index (χ2v) is 6.75. The molecule has 3 rings (SSSR count). The maximum Gasteiger partial charge on any atom is 0.236 e. The number of benzene rings is 2. The molecule has 1 N–H and O–H groups in total. The molecule has 1 aliphatic rings. The summed E-state index contributed by atoms with van der Waals surface area (Å²) in [5.74, 6) is 0.171. The van der Waals surface area contributed by atoms with Crippen molar-refractivity contribution in [2.24, 2.45) is 0 Å². The van der Waals surface area contributed by atoms with E-state index >= 15 is 0 Å². The van der Waals surface area contributed by atoms with Crippen molar-refractivity contribution in [2.75, 3.05) is 39.8 Å². The summed E-state index contributed by atoms with van der Waals surface area (Å²) in [6.07, 6.45) is 0. The third-order valence-electron chi connectivity index (χ3n) is 4.66. The quantitative estimate of drug-likeness (QED) is 0.846. The van der Waals surface area contributed by atoms with Crippen LogP contribution in [0.1, 0.15) is 17.2 Å². The average molecular weight is 394 g/mol. The first-order chi connectivity index (χ1) is 12.2. The van der Waals surface area contributed by atoms with Crippen molar-refractivity contribution < 1.29 is 4.79 Å². The summed E-state index contributed by atoms with van der Waals surface area (Å²) in [6, 6.07) is 18.8. The number of halogens is 2. The van der Waals surface area contributed by atoms with Gasteiger partial charge in [0.2, 0.25) is 5.91 Å². The highest BCUT2D eigenvalue weighted by atomic mass is 35.5. The molecule has 0 spiro atoms. The van der Waals surface area contributed by atoms with E-state index in [1.54, 1.807) is 7.05 Å². The lowest BCUT2D eigenvalue weighted by atomic mass is 9.96. The SMILES string of the molecule is CNCC(=O)N1CCN(C(c2ccccc2)c2ccc(Cl)cc2)CC1.Cl. The van der Waals surface area contributed by atoms with E-state index in [-0.39, 0.29) is 24.4 Å². The van der Waals surface area contributed by atoms with Crippen LogP contribution in [0.5, 0.6) is 0 Å². The number of hydrogen-bond acceptors (Lipinski definition) is 3. The number of hydrogen-bond donors (Lipinski definition) is 1. The van der Waals surface area contributed by atoms with Crippen molar-refractivity contribution in [3.63, 3.8) is 0 Å². The smallest absolute Gasteiger partial charge is 0.236 e. The third-order valence-corrected chi connectivity index (χ3v) is 4.91. The molecule has 2 aromatic rings. The van der Waals surface area contributed by atoms with Crippen molar-refractivity contribution in [3.8, 4) is 0 Å². The van der Waals surface area contributed by atoms with Crippen LogP contribution in [0, 0.1) is 0 Å². The second-order valence-electron chi connectivity index (χ2n) is 6.31. The largest absolute Gasteiger partial charge is 0.339 e. The van der Waals surface area contributed by atoms with Gasteiger partial charge in [-0.15, -0.1) is 12.4 Å². The fraction of sp³-hybridized carbons (Fsp3) is 0.350. The van der Waals surface area contributed by atoms with E-state index in [9.17, 15) is 4.79 Å². The number of piperazine rings is 1. The minimum atomic E-state index is 0. The fourth-order valence-electron chi connectivity index (χ4n) is 3.39. The predicted octanol–water partition coefficient (Wildman–Crippen LogP) is 3.21. The molecule has 6 heteroatoms. The summed E-state index contributed by atoms with van der Waals surface area (Å²) < 4.78 is 0. The van der Waals surface area contributed by atoms with Crippen molar-refractivity contribution in [1.82, 2.24) is 15.1 Å². The van der Waals surface area contributed by atoms with Crippen LogP contribution >= 0.6 is 24.0 Å². The first-order valence-corrected chi connectivity index (χ1v) is 9.03. The number of carbonyl (C=O) groups excluding carboxylic acids is 1. The van der Waals surface area contributed by atoms with E-state index in [2.05, 4.69) is 46.6 Å². The maximum atomic E-state index is 12.1. The molecule has 2 aromatic carbocycles. The summed E-state index contributed by atoms with van der Waals surface area (Å²) in [6.45, 7) is 3.64. The zero-order chi connectivity index (χ0) is 17.6. The lowest BCUT2D eigenvalue weighted by Gasteiger charge is -2.39. The van der Waals surface area contributed by atoms with Gasteiger partial charge in [-0.3, -0.25) is 9.69 Å². The van der Waals surface area contributed by atoms with Gasteiger partial charge in [-0.1, -0.05) is 54.1 Å². The Bertz CT molecular complexity index is 686. The summed E-state index contributed by atoms with van der Waals surface area (Å²) in [4.78, 5) is 16.5. The van der Waals surface area contributed by atoms with Gasteiger partial charge in [-0.05, 0) is 30.3 Å². The van der Waals surface area contributed by atoms with Crippen LogP contribution in [-0.2, 0) is 4.79 Å². The Kier molecular flexibility index (Phi) is 7.91. The fourth-order valence-corrected chi connectivity index (χ4v) is 3.51. The topological polar surface area (TPSA) is 35.6 Å². The highest BCUT2D eigenvalue weighted by Gasteiger charge is 2.27. The molecule has 1 atom stereocenters. The third kappa shape index (κ3) is 4.98. The van der Waals surface area contributed by atoms with E-state index < -0.39 is 0 Å². The average Bonchev–Trinajstić information content (AvgIpc) is 2.65. The van der Waals surface area contributed by atoms with E-state index in [4.69, 9.17) is 11.6 Å². The lowest BCUT2D eigenvalue weighted by Crippen LogP contribution is -2.51. The van der Waals surface area contributed by atoms with Crippen molar-refractivity contribution in [1.29, 1.82) is 0 Å². The summed E-state index contributed by atoms with van der Waals surface area (Å²) >= 11 is 6.07. The van der Waals surface area contributed by atoms with Gasteiger partial charge in [-0.2, -0.15) is 0 Å². The van der Waals surface area contributed by atoms with Gasteiger partial charge in [0, 0.05) is 31.2 Å². The van der Waals surface area contributed by atoms with Crippen LogP contribution in [-0.4, -0.2) is 55.5 Å². The molecule has 1 heterocycles. The van der Waals surface area contributed by atoms with E-state index in [0.29, 0.717) is 6.54 Å². The Labute approximate surface area is 166 Å². The van der Waals surface area contributed by atoms with Crippen LogP contribution in [0.3, 0.4) is 0 Å². The zero-order valence-corrected chi connectivity index (χ0v) is 16.5. The number of nitrogens with one attached hydrogen (secondary N) is 1. The maximum absolute atomic E-state index is 12.1. The Morgan fingerprint density at radius 2 is 1.58 bits per heavy atom. The standard InChI is InChI=1S/C20H24ClN3O.ClH/c1-22-15-19(25)23-11-13-24(14-12-23)20(16-5-3-2-4-6-16)17-7-9-18(21)10-8-17;/h2-10,20,22H,11-15H2,1H3;1H. The molecule has 1 unspecified atom stereocenters. The molecule has 26 heavy (non-hydrogen) atoms. The van der Waals surface area contributed by atoms with Crippen LogP contribution in [0.4, 0.5) is 0 Å². The molecular weight excluding hydrogens is 369 g/mol. The Balaban J connectivity index is 0.00000243. The van der Waals surface area contributed by atoms with Gasteiger partial charge >= 0.3 is 0 Å². The summed E-state index contributed by atoms with van der Waals surface area (Å²) in [5.41, 5.74) is 2.49. The summed E-state index contributed by atoms with van der Waals surface area (Å²) in [5, 5.41) is 3.69. The Morgan fingerprint density at radius 1 is 1.00 bits per heavy atom. The normalized spacial score (nSPS) is 16.0. The van der Waals surface area contributed by atoms with Crippen LogP contribution in [0.15, 0.2) is 54.6 Å². The second kappa shape index (κ2) is 9.93. The Hall–Kier alpha value is -1.59. The van der Waals surface area contributed by atoms with Crippen molar-refractivity contribution >= 4 is 29.9 Å². The molecule has 1 amide bonds. The molecule has 0 saturated carbocycles. The van der Waals surface area contributed by atoms with Gasteiger partial charge in [0.25, 0.3) is 0 Å². The summed E-state index contributed by atoms with van der Waals surface area (Å²) in [7, 11) is 1.81. The minimum absolute atomic E-state index is 0. The van der Waals surface area contributed by atoms with Gasteiger partial charge in [0.05, 0.1) is 12.6 Å². The molecule has 0 bridgehead atoms. The first-order valence-electron chi connectivity index (χ1n) is 8.66. The van der Waals surface area contributed by atoms with Gasteiger partial charge < -0.3 is 10.2 Å². The van der Waals surface area contributed by atoms with Gasteiger partial charge in [0.15, 0.2) is 0 Å². The molecule has 1 aliphatic heterocycles. The first kappa shape index (κ1) is 20.7. The number of amides is 1. The number of nitrogens with zero attached hydrogens (tertiary/aromatic N) is 2. The predicted molar refractivity (Wildman–Crippen MR) is 109 cm³/mol. The van der Waals surface area contributed by atoms with Gasteiger partial charge in [0.1, 0.15) is 0 Å². The Morgan fingerprint density at radius 3 is 2.15 bits per heavy atom. The van der Waals surface area contributed by atoms with Crippen LogP contribution in [0.2, 0.25) is 5.02 Å². The number of likely N-dealkylation sites (N-methyl/N-ethyl adjacent to an activating group) is 1. The molecule has 140 valence electrons. The van der Waals surface area contributed by atoms with Crippen LogP contribution < -0.4 is 5.32 Å². The number of rotatable bonds is 5. The van der Waals surface area contributed by atoms with E-state index in [1.165, 1.54) is 11.1 Å². The van der Waals surface area contributed by atoms with Crippen molar-refractivity contribution in [2.45, 2.75) is 6.04 Å². The molecule has 4 nitrogen and oxygen atoms in total. The van der Waals surface area contributed by atoms with E-state index in [1.807, 2.05) is 23.1 Å². The highest BCUT2D eigenvalue weighted by Crippen LogP contribution is 2.30. The van der Waals surface area contributed by atoms with Crippen LogP contribution in [0.25, 0.3) is 0 Å². The van der Waals surface area contributed by atoms with Crippen molar-refractivity contribution in [3.05, 3.63) is 70.7 Å². The minimum Gasteiger partial charge on any atom is -0.339 e. The molecule has 1 saturated heterocycles. The molecular formula is C20H25Cl2N3O. The molecule has 0 radical (unpaired) electrons. The molecule has 0 aromatic heterocycles. The lowest BCUT2D eigenvalue weighted by molar-refractivity contribution is -0.132. The zero-order valence-electron chi connectivity index (χ0n) is 14.9. The molecule has 1 fully saturated rings.